The van der Waals surface area contributed by atoms with Crippen LogP contribution in [-0.4, -0.2) is 49.9 Å². The molecule has 0 saturated carbocycles. The molecule has 0 spiro atoms. The summed E-state index contributed by atoms with van der Waals surface area (Å²) in [6.45, 7) is 4.75. The van der Waals surface area contributed by atoms with Crippen LogP contribution in [0.3, 0.4) is 0 Å². The quantitative estimate of drug-likeness (QED) is 0.0269. The molecule has 58 heavy (non-hydrogen) atoms. The highest BCUT2D eigenvalue weighted by atomic mass is 31.2. The molecule has 0 aliphatic heterocycles. The Balaban J connectivity index is 3.95. The van der Waals surface area contributed by atoms with Gasteiger partial charge in [0.1, 0.15) is 6.10 Å². The molecule has 0 aromatic rings. The van der Waals surface area contributed by atoms with E-state index in [1.165, 1.54) is 109 Å². The molecule has 0 aromatic carbocycles. The molecule has 0 aliphatic rings. The number of phosphoric ester groups is 1. The minimum Gasteiger partial charge on any atom is -0.457 e. The van der Waals surface area contributed by atoms with Crippen LogP contribution in [0.2, 0.25) is 0 Å². The van der Waals surface area contributed by atoms with Crippen LogP contribution < -0.4 is 5.73 Å². The predicted octanol–water partition coefficient (Wildman–Crippen LogP) is 14.5. The van der Waals surface area contributed by atoms with E-state index in [4.69, 9.17) is 24.3 Å². The third-order valence-electron chi connectivity index (χ3n) is 9.92. The van der Waals surface area contributed by atoms with E-state index in [9.17, 15) is 14.3 Å². The van der Waals surface area contributed by atoms with Crippen molar-refractivity contribution in [2.45, 2.75) is 213 Å². The Labute approximate surface area is 357 Å². The van der Waals surface area contributed by atoms with E-state index < -0.39 is 13.9 Å². The van der Waals surface area contributed by atoms with Gasteiger partial charge >= 0.3 is 13.8 Å². The van der Waals surface area contributed by atoms with Gasteiger partial charge in [-0.2, -0.15) is 0 Å². The number of hydrogen-bond acceptors (Lipinski definition) is 7. The number of esters is 1. The maximum Gasteiger partial charge on any atom is 0.472 e. The van der Waals surface area contributed by atoms with Gasteiger partial charge in [0.15, 0.2) is 0 Å². The molecule has 2 atom stereocenters. The van der Waals surface area contributed by atoms with Crippen molar-refractivity contribution in [2.75, 3.05) is 33.0 Å². The fourth-order valence-corrected chi connectivity index (χ4v) is 7.22. The lowest BCUT2D eigenvalue weighted by Gasteiger charge is -2.20. The van der Waals surface area contributed by atoms with Crippen LogP contribution >= 0.6 is 7.82 Å². The first kappa shape index (κ1) is 56.2. The summed E-state index contributed by atoms with van der Waals surface area (Å²) in [6.07, 6.45) is 56.8. The smallest absolute Gasteiger partial charge is 0.457 e. The van der Waals surface area contributed by atoms with Crippen molar-refractivity contribution in [3.63, 3.8) is 0 Å². The number of carbonyl (C=O) groups is 1. The van der Waals surface area contributed by atoms with Gasteiger partial charge in [0.05, 0.1) is 19.8 Å². The Kier molecular flexibility index (Phi) is 44.8. The van der Waals surface area contributed by atoms with E-state index >= 15 is 0 Å². The third-order valence-corrected chi connectivity index (χ3v) is 10.9. The molecule has 9 heteroatoms. The van der Waals surface area contributed by atoms with Gasteiger partial charge in [-0.15, -0.1) is 0 Å². The summed E-state index contributed by atoms with van der Waals surface area (Å²) in [5.74, 6) is -0.340. The maximum atomic E-state index is 12.6. The first-order valence-electron chi connectivity index (χ1n) is 23.8. The molecule has 2 unspecified atom stereocenters. The number of ether oxygens (including phenoxy) is 2. The number of rotatable bonds is 45. The number of allylic oxidation sites excluding steroid dienone is 10. The van der Waals surface area contributed by atoms with Crippen molar-refractivity contribution in [3.8, 4) is 0 Å². The summed E-state index contributed by atoms with van der Waals surface area (Å²) in [7, 11) is -4.29. The maximum absolute atomic E-state index is 12.6. The summed E-state index contributed by atoms with van der Waals surface area (Å²) in [6, 6.07) is 0. The predicted molar refractivity (Wildman–Crippen MR) is 247 cm³/mol. The average Bonchev–Trinajstić information content (AvgIpc) is 3.21. The fourth-order valence-electron chi connectivity index (χ4n) is 6.45. The van der Waals surface area contributed by atoms with Gasteiger partial charge in [-0.1, -0.05) is 184 Å². The molecule has 0 rings (SSSR count). The van der Waals surface area contributed by atoms with Crippen LogP contribution in [-0.2, 0) is 27.9 Å². The van der Waals surface area contributed by atoms with Gasteiger partial charge in [-0.05, 0) is 77.0 Å². The van der Waals surface area contributed by atoms with Gasteiger partial charge in [0, 0.05) is 19.6 Å². The van der Waals surface area contributed by atoms with E-state index in [1.807, 2.05) is 0 Å². The summed E-state index contributed by atoms with van der Waals surface area (Å²) in [4.78, 5) is 22.5. The summed E-state index contributed by atoms with van der Waals surface area (Å²) in [5.41, 5.74) is 5.37. The Bertz CT molecular complexity index is 1070. The standard InChI is InChI=1S/C49H90NO7P/c1-3-5-7-9-11-13-15-17-19-20-21-22-23-24-25-26-27-28-29-30-32-34-36-38-40-42-49(51)57-48(47-56-58(52,53)55-45-43-50)46-54-44-41-39-37-35-33-31-18-16-14-12-10-8-6-4-2/h6,8,12,14-15,17-18,20-21,31,48H,3-5,7,9-11,13,16,19,22-30,32-47,50H2,1-2H3,(H,52,53)/b8-6-,14-12-,17-15-,21-20-,31-18-. The van der Waals surface area contributed by atoms with E-state index in [0.717, 1.165) is 77.0 Å². The molecule has 338 valence electrons. The molecule has 0 amide bonds. The second-order valence-electron chi connectivity index (χ2n) is 15.6. The molecule has 0 saturated heterocycles. The van der Waals surface area contributed by atoms with Crippen LogP contribution in [0.15, 0.2) is 60.8 Å². The molecule has 0 aromatic heterocycles. The lowest BCUT2D eigenvalue weighted by molar-refractivity contribution is -0.154. The zero-order valence-electron chi connectivity index (χ0n) is 37.5. The molecule has 0 radical (unpaired) electrons. The second-order valence-corrected chi connectivity index (χ2v) is 17.0. The Morgan fingerprint density at radius 1 is 0.534 bits per heavy atom. The highest BCUT2D eigenvalue weighted by Gasteiger charge is 2.25. The average molecular weight is 836 g/mol. The molecule has 0 bridgehead atoms. The van der Waals surface area contributed by atoms with Crippen LogP contribution in [0.25, 0.3) is 0 Å². The first-order chi connectivity index (χ1) is 28.4. The molecular formula is C49H90NO7P. The van der Waals surface area contributed by atoms with E-state index in [1.54, 1.807) is 0 Å². The Morgan fingerprint density at radius 3 is 1.45 bits per heavy atom. The number of carbonyl (C=O) groups excluding carboxylic acids is 1. The van der Waals surface area contributed by atoms with Gasteiger partial charge in [-0.3, -0.25) is 13.8 Å². The topological polar surface area (TPSA) is 117 Å². The largest absolute Gasteiger partial charge is 0.472 e. The van der Waals surface area contributed by atoms with E-state index in [0.29, 0.717) is 13.0 Å². The van der Waals surface area contributed by atoms with Gasteiger partial charge < -0.3 is 20.1 Å². The minimum absolute atomic E-state index is 0.0943. The van der Waals surface area contributed by atoms with E-state index in [-0.39, 0.29) is 32.3 Å². The summed E-state index contributed by atoms with van der Waals surface area (Å²) < 4.78 is 33.5. The Morgan fingerprint density at radius 2 is 0.966 bits per heavy atom. The molecule has 8 nitrogen and oxygen atoms in total. The van der Waals surface area contributed by atoms with Crippen molar-refractivity contribution in [1.82, 2.24) is 0 Å². The van der Waals surface area contributed by atoms with Crippen molar-refractivity contribution in [2.24, 2.45) is 5.73 Å². The minimum atomic E-state index is -4.29. The van der Waals surface area contributed by atoms with Crippen LogP contribution in [0.5, 0.6) is 0 Å². The number of nitrogens with two attached hydrogens (primary N) is 1. The van der Waals surface area contributed by atoms with Crippen LogP contribution in [0.4, 0.5) is 0 Å². The third kappa shape index (κ3) is 45.3. The van der Waals surface area contributed by atoms with Crippen LogP contribution in [0.1, 0.15) is 206 Å². The van der Waals surface area contributed by atoms with Crippen molar-refractivity contribution < 1.29 is 32.8 Å². The van der Waals surface area contributed by atoms with Crippen LogP contribution in [0, 0.1) is 0 Å². The zero-order chi connectivity index (χ0) is 42.3. The summed E-state index contributed by atoms with van der Waals surface area (Å²) >= 11 is 0. The van der Waals surface area contributed by atoms with Gasteiger partial charge in [0.2, 0.25) is 0 Å². The normalized spacial score (nSPS) is 13.9. The highest BCUT2D eigenvalue weighted by Crippen LogP contribution is 2.43. The number of hydrogen-bond donors (Lipinski definition) is 2. The number of unbranched alkanes of at least 4 members (excludes halogenated alkanes) is 22. The fraction of sp³-hybridized carbons (Fsp3) is 0.776. The lowest BCUT2D eigenvalue weighted by atomic mass is 10.0. The van der Waals surface area contributed by atoms with Crippen molar-refractivity contribution in [3.05, 3.63) is 60.8 Å². The zero-order valence-corrected chi connectivity index (χ0v) is 38.4. The van der Waals surface area contributed by atoms with Gasteiger partial charge in [-0.25, -0.2) is 4.57 Å². The van der Waals surface area contributed by atoms with Gasteiger partial charge in [0.25, 0.3) is 0 Å². The highest BCUT2D eigenvalue weighted by molar-refractivity contribution is 7.47. The molecule has 3 N–H and O–H groups in total. The van der Waals surface area contributed by atoms with E-state index in [2.05, 4.69) is 74.6 Å². The molecule has 0 fully saturated rings. The molecular weight excluding hydrogens is 746 g/mol. The monoisotopic (exact) mass is 836 g/mol. The number of phosphoric acid groups is 1. The van der Waals surface area contributed by atoms with Crippen molar-refractivity contribution >= 4 is 13.8 Å². The summed E-state index contributed by atoms with van der Waals surface area (Å²) in [5, 5.41) is 0. The SMILES string of the molecule is CC/C=C\C/C=C\C/C=C\CCCCCCOCC(COP(=O)(O)OCCN)OC(=O)CCCCCCCCCCCCCCC/C=C\C/C=C\CCCCCCC. The first-order valence-corrected chi connectivity index (χ1v) is 25.3. The molecule has 0 aliphatic carbocycles. The Hall–Kier alpha value is -1.80. The van der Waals surface area contributed by atoms with Crippen molar-refractivity contribution in [1.29, 1.82) is 0 Å². The second kappa shape index (κ2) is 46.3. The molecule has 0 heterocycles. The lowest BCUT2D eigenvalue weighted by Crippen LogP contribution is -2.28.